The second-order valence-electron chi connectivity index (χ2n) is 6.44. The smallest absolute Gasteiger partial charge is 0.409 e. The Balaban J connectivity index is 1.48. The molecule has 8 heteroatoms. The number of hydrogen-bond donors (Lipinski definition) is 2. The van der Waals surface area contributed by atoms with E-state index in [1.807, 2.05) is 11.4 Å². The Morgan fingerprint density at radius 2 is 1.82 bits per heavy atom. The van der Waals surface area contributed by atoms with Gasteiger partial charge in [-0.05, 0) is 55.5 Å². The molecular formula is C20H23N3O4S. The lowest BCUT2D eigenvalue weighted by Crippen LogP contribution is -2.46. The number of likely N-dealkylation sites (tertiary alicyclic amines) is 1. The van der Waals surface area contributed by atoms with Crippen molar-refractivity contribution in [2.45, 2.75) is 25.8 Å². The monoisotopic (exact) mass is 401 g/mol. The molecule has 0 saturated carbocycles. The molecule has 1 aliphatic rings. The van der Waals surface area contributed by atoms with E-state index < -0.39 is 0 Å². The molecule has 0 unspecified atom stereocenters. The number of nitrogens with one attached hydrogen (secondary N) is 2. The molecule has 2 aromatic rings. The van der Waals surface area contributed by atoms with Crippen molar-refractivity contribution in [3.8, 4) is 0 Å². The molecule has 2 N–H and O–H groups in total. The Morgan fingerprint density at radius 1 is 1.11 bits per heavy atom. The third kappa shape index (κ3) is 5.10. The molecule has 1 fully saturated rings. The van der Waals surface area contributed by atoms with Gasteiger partial charge in [-0.1, -0.05) is 6.07 Å². The van der Waals surface area contributed by atoms with Gasteiger partial charge in [0.15, 0.2) is 0 Å². The second kappa shape index (κ2) is 9.36. The van der Waals surface area contributed by atoms with Gasteiger partial charge in [0.05, 0.1) is 11.5 Å². The van der Waals surface area contributed by atoms with Crippen molar-refractivity contribution in [2.24, 2.45) is 0 Å². The predicted octanol–water partition coefficient (Wildman–Crippen LogP) is 3.35. The quantitative estimate of drug-likeness (QED) is 0.804. The highest BCUT2D eigenvalue weighted by atomic mass is 32.1. The fourth-order valence-electron chi connectivity index (χ4n) is 3.00. The van der Waals surface area contributed by atoms with Crippen molar-refractivity contribution in [3.63, 3.8) is 0 Å². The maximum absolute atomic E-state index is 12.4. The van der Waals surface area contributed by atoms with Gasteiger partial charge in [-0.2, -0.15) is 0 Å². The number of amides is 3. The SMILES string of the molecule is CCOC(=O)N1CCC(NC(=O)c2ccc(NC(=O)c3cccs3)cc2)CC1. The lowest BCUT2D eigenvalue weighted by Gasteiger charge is -2.31. The number of ether oxygens (including phenoxy) is 1. The van der Waals surface area contributed by atoms with Gasteiger partial charge in [0, 0.05) is 30.4 Å². The Hall–Kier alpha value is -2.87. The van der Waals surface area contributed by atoms with E-state index in [-0.39, 0.29) is 23.9 Å². The first-order valence-corrected chi connectivity index (χ1v) is 10.1. The molecule has 0 aliphatic carbocycles. The van der Waals surface area contributed by atoms with E-state index in [0.717, 1.165) is 0 Å². The van der Waals surface area contributed by atoms with Crippen LogP contribution in [0.2, 0.25) is 0 Å². The van der Waals surface area contributed by atoms with E-state index in [4.69, 9.17) is 4.74 Å². The molecule has 148 valence electrons. The first-order valence-electron chi connectivity index (χ1n) is 9.24. The topological polar surface area (TPSA) is 87.7 Å². The van der Waals surface area contributed by atoms with Crippen molar-refractivity contribution in [2.75, 3.05) is 25.0 Å². The van der Waals surface area contributed by atoms with Crippen molar-refractivity contribution in [1.82, 2.24) is 10.2 Å². The van der Waals surface area contributed by atoms with Crippen molar-refractivity contribution >= 4 is 34.9 Å². The van der Waals surface area contributed by atoms with E-state index >= 15 is 0 Å². The lowest BCUT2D eigenvalue weighted by molar-refractivity contribution is 0.0859. The number of carbonyl (C=O) groups excluding carboxylic acids is 3. The second-order valence-corrected chi connectivity index (χ2v) is 7.39. The predicted molar refractivity (Wildman–Crippen MR) is 108 cm³/mol. The average Bonchev–Trinajstić information content (AvgIpc) is 3.24. The van der Waals surface area contributed by atoms with Crippen LogP contribution in [-0.4, -0.2) is 48.5 Å². The maximum atomic E-state index is 12.4. The molecule has 0 spiro atoms. The van der Waals surface area contributed by atoms with Crippen molar-refractivity contribution in [3.05, 3.63) is 52.2 Å². The molecule has 1 aromatic heterocycles. The highest BCUT2D eigenvalue weighted by Gasteiger charge is 2.24. The Labute approximate surface area is 167 Å². The van der Waals surface area contributed by atoms with Gasteiger partial charge < -0.3 is 20.3 Å². The van der Waals surface area contributed by atoms with Crippen LogP contribution in [-0.2, 0) is 4.74 Å². The van der Waals surface area contributed by atoms with Crippen LogP contribution in [0.15, 0.2) is 41.8 Å². The van der Waals surface area contributed by atoms with Crippen LogP contribution in [0.1, 0.15) is 39.8 Å². The summed E-state index contributed by atoms with van der Waals surface area (Å²) in [6.07, 6.45) is 1.09. The zero-order chi connectivity index (χ0) is 19.9. The van der Waals surface area contributed by atoms with Crippen LogP contribution in [0.5, 0.6) is 0 Å². The van der Waals surface area contributed by atoms with Gasteiger partial charge in [-0.25, -0.2) is 4.79 Å². The summed E-state index contributed by atoms with van der Waals surface area (Å²) < 4.78 is 5.00. The zero-order valence-electron chi connectivity index (χ0n) is 15.6. The van der Waals surface area contributed by atoms with E-state index in [0.29, 0.717) is 48.7 Å². The number of hydrogen-bond acceptors (Lipinski definition) is 5. The van der Waals surface area contributed by atoms with Crippen LogP contribution in [0.4, 0.5) is 10.5 Å². The van der Waals surface area contributed by atoms with Crippen LogP contribution < -0.4 is 10.6 Å². The first kappa shape index (κ1) is 19.9. The summed E-state index contributed by atoms with van der Waals surface area (Å²) in [5.74, 6) is -0.328. The molecule has 7 nitrogen and oxygen atoms in total. The summed E-state index contributed by atoms with van der Waals surface area (Å²) in [6.45, 7) is 3.28. The van der Waals surface area contributed by atoms with Gasteiger partial charge in [-0.15, -0.1) is 11.3 Å². The first-order chi connectivity index (χ1) is 13.6. The van der Waals surface area contributed by atoms with Gasteiger partial charge in [0.25, 0.3) is 11.8 Å². The molecule has 1 aromatic carbocycles. The van der Waals surface area contributed by atoms with Crippen LogP contribution >= 0.6 is 11.3 Å². The number of piperidine rings is 1. The maximum Gasteiger partial charge on any atom is 0.409 e. The average molecular weight is 401 g/mol. The minimum absolute atomic E-state index is 0.0244. The molecule has 1 aliphatic heterocycles. The van der Waals surface area contributed by atoms with Crippen molar-refractivity contribution in [1.29, 1.82) is 0 Å². The van der Waals surface area contributed by atoms with Gasteiger partial charge >= 0.3 is 6.09 Å². The number of thiophene rings is 1. The highest BCUT2D eigenvalue weighted by Crippen LogP contribution is 2.16. The minimum atomic E-state index is -0.299. The van der Waals surface area contributed by atoms with E-state index in [2.05, 4.69) is 10.6 Å². The van der Waals surface area contributed by atoms with E-state index in [9.17, 15) is 14.4 Å². The molecule has 28 heavy (non-hydrogen) atoms. The summed E-state index contributed by atoms with van der Waals surface area (Å²) in [7, 11) is 0. The fraction of sp³-hybridized carbons (Fsp3) is 0.350. The number of anilines is 1. The van der Waals surface area contributed by atoms with Crippen LogP contribution in [0.25, 0.3) is 0 Å². The normalized spacial score (nSPS) is 14.4. The highest BCUT2D eigenvalue weighted by molar-refractivity contribution is 7.12. The molecule has 3 rings (SSSR count). The third-order valence-corrected chi connectivity index (χ3v) is 5.37. The molecule has 3 amide bonds. The summed E-state index contributed by atoms with van der Waals surface area (Å²) in [5, 5.41) is 7.66. The van der Waals surface area contributed by atoms with Crippen LogP contribution in [0, 0.1) is 0 Å². The zero-order valence-corrected chi connectivity index (χ0v) is 16.5. The van der Waals surface area contributed by atoms with Gasteiger partial charge in [-0.3, -0.25) is 9.59 Å². The molecule has 0 atom stereocenters. The Morgan fingerprint density at radius 3 is 2.43 bits per heavy atom. The molecule has 2 heterocycles. The molecular weight excluding hydrogens is 378 g/mol. The summed E-state index contributed by atoms with van der Waals surface area (Å²) in [4.78, 5) is 38.5. The van der Waals surface area contributed by atoms with Gasteiger partial charge in [0.1, 0.15) is 0 Å². The summed E-state index contributed by atoms with van der Waals surface area (Å²) in [6, 6.07) is 10.4. The van der Waals surface area contributed by atoms with Crippen LogP contribution in [0.3, 0.4) is 0 Å². The largest absolute Gasteiger partial charge is 0.450 e. The van der Waals surface area contributed by atoms with E-state index in [1.165, 1.54) is 11.3 Å². The Kier molecular flexibility index (Phi) is 6.65. The number of nitrogens with zero attached hydrogens (tertiary/aromatic N) is 1. The van der Waals surface area contributed by atoms with Crippen molar-refractivity contribution < 1.29 is 19.1 Å². The summed E-state index contributed by atoms with van der Waals surface area (Å²) >= 11 is 1.37. The third-order valence-electron chi connectivity index (χ3n) is 4.51. The Bertz CT molecular complexity index is 812. The van der Waals surface area contributed by atoms with E-state index in [1.54, 1.807) is 42.2 Å². The number of benzene rings is 1. The molecule has 0 bridgehead atoms. The number of rotatable bonds is 5. The standard InChI is InChI=1S/C20H23N3O4S/c1-2-27-20(26)23-11-9-16(10-12-23)21-18(24)14-5-7-15(8-6-14)22-19(25)17-4-3-13-28-17/h3-8,13,16H,2,9-12H2,1H3,(H,21,24)(H,22,25). The lowest BCUT2D eigenvalue weighted by atomic mass is 10.0. The summed E-state index contributed by atoms with van der Waals surface area (Å²) in [5.41, 5.74) is 1.17. The molecule has 1 saturated heterocycles. The van der Waals surface area contributed by atoms with Gasteiger partial charge in [0.2, 0.25) is 0 Å². The minimum Gasteiger partial charge on any atom is -0.450 e. The number of carbonyl (C=O) groups is 3. The fourth-order valence-corrected chi connectivity index (χ4v) is 3.61. The molecule has 0 radical (unpaired) electrons.